The molecule has 17 heavy (non-hydrogen) atoms. The summed E-state index contributed by atoms with van der Waals surface area (Å²) in [6, 6.07) is 7.13. The van der Waals surface area contributed by atoms with Gasteiger partial charge in [0.25, 0.3) is 5.91 Å². The Morgan fingerprint density at radius 1 is 1.47 bits per heavy atom. The molecule has 1 aromatic heterocycles. The van der Waals surface area contributed by atoms with E-state index in [0.29, 0.717) is 16.4 Å². The number of para-hydroxylation sites is 1. The summed E-state index contributed by atoms with van der Waals surface area (Å²) in [5.41, 5.74) is 1.05. The van der Waals surface area contributed by atoms with Crippen LogP contribution in [0.25, 0.3) is 5.69 Å². The molecule has 0 unspecified atom stereocenters. The van der Waals surface area contributed by atoms with Crippen LogP contribution in [0.5, 0.6) is 0 Å². The SMILES string of the molecule is CNC(=O)c1csc(=N)n1-c1ccccc1Cl. The third kappa shape index (κ3) is 2.11. The highest BCUT2D eigenvalue weighted by atomic mass is 35.5. The third-order valence-electron chi connectivity index (χ3n) is 2.28. The van der Waals surface area contributed by atoms with Crippen LogP contribution in [-0.2, 0) is 0 Å². The van der Waals surface area contributed by atoms with Crippen LogP contribution >= 0.6 is 22.9 Å². The van der Waals surface area contributed by atoms with Crippen molar-refractivity contribution in [1.82, 2.24) is 9.88 Å². The van der Waals surface area contributed by atoms with E-state index in [9.17, 15) is 4.79 Å². The van der Waals surface area contributed by atoms with E-state index in [1.165, 1.54) is 15.9 Å². The van der Waals surface area contributed by atoms with Crippen LogP contribution in [0.3, 0.4) is 0 Å². The molecular weight excluding hydrogens is 258 g/mol. The smallest absolute Gasteiger partial charge is 0.268 e. The van der Waals surface area contributed by atoms with Crippen LogP contribution in [0.15, 0.2) is 29.6 Å². The summed E-state index contributed by atoms with van der Waals surface area (Å²) in [4.78, 5) is 11.9. The number of hydrogen-bond donors (Lipinski definition) is 2. The predicted octanol–water partition coefficient (Wildman–Crippen LogP) is 2.03. The second-order valence-corrected chi connectivity index (χ2v) is 4.56. The average Bonchev–Trinajstić information content (AvgIpc) is 2.71. The van der Waals surface area contributed by atoms with E-state index in [0.717, 1.165) is 0 Å². The van der Waals surface area contributed by atoms with E-state index in [1.54, 1.807) is 24.6 Å². The van der Waals surface area contributed by atoms with Crippen LogP contribution in [-0.4, -0.2) is 17.5 Å². The fourth-order valence-electron chi connectivity index (χ4n) is 1.48. The number of nitrogens with one attached hydrogen (secondary N) is 2. The Kier molecular flexibility index (Phi) is 3.31. The van der Waals surface area contributed by atoms with Crippen molar-refractivity contribution in [3.63, 3.8) is 0 Å². The minimum Gasteiger partial charge on any atom is -0.354 e. The molecule has 0 atom stereocenters. The van der Waals surface area contributed by atoms with Gasteiger partial charge in [-0.2, -0.15) is 0 Å². The van der Waals surface area contributed by atoms with Gasteiger partial charge in [-0.05, 0) is 12.1 Å². The van der Waals surface area contributed by atoms with Gasteiger partial charge in [-0.15, -0.1) is 11.3 Å². The molecule has 2 N–H and O–H groups in total. The van der Waals surface area contributed by atoms with Crippen molar-refractivity contribution in [1.29, 1.82) is 5.41 Å². The number of nitrogens with zero attached hydrogens (tertiary/aromatic N) is 1. The Balaban J connectivity index is 2.68. The molecule has 1 heterocycles. The second kappa shape index (κ2) is 4.73. The summed E-state index contributed by atoms with van der Waals surface area (Å²) in [6.07, 6.45) is 0. The zero-order valence-corrected chi connectivity index (χ0v) is 10.6. The molecule has 0 saturated carbocycles. The number of thiazole rings is 1. The zero-order chi connectivity index (χ0) is 12.4. The molecule has 0 radical (unpaired) electrons. The first kappa shape index (κ1) is 11.9. The molecule has 6 heteroatoms. The molecular formula is C11H10ClN3OS. The van der Waals surface area contributed by atoms with Crippen molar-refractivity contribution in [2.45, 2.75) is 0 Å². The van der Waals surface area contributed by atoms with Gasteiger partial charge in [0, 0.05) is 12.4 Å². The van der Waals surface area contributed by atoms with Gasteiger partial charge >= 0.3 is 0 Å². The quantitative estimate of drug-likeness (QED) is 0.859. The molecule has 0 aliphatic carbocycles. The lowest BCUT2D eigenvalue weighted by atomic mass is 10.3. The number of rotatable bonds is 2. The van der Waals surface area contributed by atoms with Crippen molar-refractivity contribution < 1.29 is 4.79 Å². The van der Waals surface area contributed by atoms with E-state index >= 15 is 0 Å². The van der Waals surface area contributed by atoms with Crippen LogP contribution < -0.4 is 10.1 Å². The molecule has 1 amide bonds. The van der Waals surface area contributed by atoms with Crippen LogP contribution in [0.4, 0.5) is 0 Å². The molecule has 0 bridgehead atoms. The maximum Gasteiger partial charge on any atom is 0.268 e. The first-order valence-corrected chi connectivity index (χ1v) is 6.13. The van der Waals surface area contributed by atoms with Crippen molar-refractivity contribution in [2.24, 2.45) is 0 Å². The fourth-order valence-corrected chi connectivity index (χ4v) is 2.44. The number of halogens is 1. The average molecular weight is 268 g/mol. The van der Waals surface area contributed by atoms with E-state index in [1.807, 2.05) is 12.1 Å². The number of aromatic nitrogens is 1. The Hall–Kier alpha value is -1.59. The van der Waals surface area contributed by atoms with E-state index in [2.05, 4.69) is 5.32 Å². The Bertz CT molecular complexity index is 617. The lowest BCUT2D eigenvalue weighted by Crippen LogP contribution is -2.24. The lowest BCUT2D eigenvalue weighted by Gasteiger charge is -2.08. The zero-order valence-electron chi connectivity index (χ0n) is 9.03. The van der Waals surface area contributed by atoms with Crippen molar-refractivity contribution in [2.75, 3.05) is 7.05 Å². The minimum absolute atomic E-state index is 0.236. The van der Waals surface area contributed by atoms with Gasteiger partial charge in [0.2, 0.25) is 0 Å². The van der Waals surface area contributed by atoms with E-state index < -0.39 is 0 Å². The van der Waals surface area contributed by atoms with Gasteiger partial charge in [-0.1, -0.05) is 23.7 Å². The normalized spacial score (nSPS) is 10.2. The van der Waals surface area contributed by atoms with E-state index in [4.69, 9.17) is 17.0 Å². The molecule has 1 aromatic carbocycles. The number of amides is 1. The second-order valence-electron chi connectivity index (χ2n) is 3.29. The number of benzene rings is 1. The maximum absolute atomic E-state index is 11.7. The van der Waals surface area contributed by atoms with E-state index in [-0.39, 0.29) is 10.7 Å². The lowest BCUT2D eigenvalue weighted by molar-refractivity contribution is 0.0956. The van der Waals surface area contributed by atoms with Gasteiger partial charge in [-0.3, -0.25) is 14.8 Å². The van der Waals surface area contributed by atoms with Crippen molar-refractivity contribution in [3.05, 3.63) is 45.2 Å². The molecule has 88 valence electrons. The highest BCUT2D eigenvalue weighted by molar-refractivity contribution is 7.07. The fraction of sp³-hybridized carbons (Fsp3) is 0.0909. The van der Waals surface area contributed by atoms with Crippen LogP contribution in [0, 0.1) is 5.41 Å². The molecule has 0 aliphatic heterocycles. The highest BCUT2D eigenvalue weighted by Gasteiger charge is 2.14. The van der Waals surface area contributed by atoms with Crippen LogP contribution in [0.1, 0.15) is 10.5 Å². The summed E-state index contributed by atoms with van der Waals surface area (Å²) >= 11 is 7.26. The van der Waals surface area contributed by atoms with Crippen molar-refractivity contribution >= 4 is 28.8 Å². The Morgan fingerprint density at radius 3 is 2.82 bits per heavy atom. The highest BCUT2D eigenvalue weighted by Crippen LogP contribution is 2.20. The third-order valence-corrected chi connectivity index (χ3v) is 3.35. The summed E-state index contributed by atoms with van der Waals surface area (Å²) in [7, 11) is 1.56. The Labute approximate surface area is 107 Å². The van der Waals surface area contributed by atoms with Gasteiger partial charge in [-0.25, -0.2) is 0 Å². The molecule has 2 rings (SSSR count). The minimum atomic E-state index is -0.236. The summed E-state index contributed by atoms with van der Waals surface area (Å²) < 4.78 is 1.53. The topological polar surface area (TPSA) is 57.9 Å². The Morgan fingerprint density at radius 2 is 2.18 bits per heavy atom. The molecule has 0 saturated heterocycles. The first-order valence-electron chi connectivity index (χ1n) is 4.87. The van der Waals surface area contributed by atoms with Gasteiger partial charge < -0.3 is 5.32 Å². The largest absolute Gasteiger partial charge is 0.354 e. The first-order chi connectivity index (χ1) is 8.15. The summed E-state index contributed by atoms with van der Waals surface area (Å²) in [6.45, 7) is 0. The van der Waals surface area contributed by atoms with Gasteiger partial charge in [0.1, 0.15) is 5.69 Å². The number of carbonyl (C=O) groups excluding carboxylic acids is 1. The molecule has 2 aromatic rings. The van der Waals surface area contributed by atoms with Crippen molar-refractivity contribution in [3.8, 4) is 5.69 Å². The summed E-state index contributed by atoms with van der Waals surface area (Å²) in [5.74, 6) is -0.236. The predicted molar refractivity (Wildman–Crippen MR) is 67.9 cm³/mol. The molecule has 0 aliphatic rings. The van der Waals surface area contributed by atoms with Gasteiger partial charge in [0.05, 0.1) is 10.7 Å². The monoisotopic (exact) mass is 267 g/mol. The van der Waals surface area contributed by atoms with Gasteiger partial charge in [0.15, 0.2) is 4.80 Å². The molecule has 0 fully saturated rings. The number of hydrogen-bond acceptors (Lipinski definition) is 3. The maximum atomic E-state index is 11.7. The van der Waals surface area contributed by atoms with Crippen LogP contribution in [0.2, 0.25) is 5.02 Å². The molecule has 0 spiro atoms. The summed E-state index contributed by atoms with van der Waals surface area (Å²) in [5, 5.41) is 12.5. The molecule has 4 nitrogen and oxygen atoms in total. The number of carbonyl (C=O) groups is 1. The standard InChI is InChI=1S/C11H10ClN3OS/c1-14-10(16)9-6-17-11(13)15(9)8-5-3-2-4-7(8)12/h2-6,13H,1H3,(H,14,16).